The van der Waals surface area contributed by atoms with Crippen LogP contribution in [-0.2, 0) is 5.41 Å². The second-order valence-corrected chi connectivity index (χ2v) is 6.20. The Morgan fingerprint density at radius 3 is 2.63 bits per heavy atom. The Labute approximate surface area is 141 Å². The minimum Gasteiger partial charge on any atom is -0.355 e. The van der Waals surface area contributed by atoms with E-state index in [0.29, 0.717) is 0 Å². The first-order valence-corrected chi connectivity index (χ1v) is 7.04. The summed E-state index contributed by atoms with van der Waals surface area (Å²) in [6.45, 7) is 7.27. The highest BCUT2D eigenvalue weighted by Crippen LogP contribution is 2.29. The van der Waals surface area contributed by atoms with Crippen LogP contribution in [0.4, 0.5) is 0 Å². The van der Waals surface area contributed by atoms with E-state index in [2.05, 4.69) is 70.2 Å². The average molecular weight is 438 g/mol. The normalized spacial score (nSPS) is 14.9. The van der Waals surface area contributed by atoms with Gasteiger partial charge in [-0.1, -0.05) is 48.0 Å². The number of likely N-dealkylation sites (N-methyl/N-ethyl adjacent to an activating group) is 1. The summed E-state index contributed by atoms with van der Waals surface area (Å²) in [6.07, 6.45) is 0. The Hall–Kier alpha value is -0.300. The Morgan fingerprint density at radius 1 is 1.37 bits per heavy atom. The third kappa shape index (κ3) is 4.08. The molecule has 5 heteroatoms. The molecule has 0 atom stereocenters. The Kier molecular flexibility index (Phi) is 6.11. The summed E-state index contributed by atoms with van der Waals surface area (Å²) in [5.74, 6) is 1.01. The highest BCUT2D eigenvalue weighted by Gasteiger charge is 2.24. The molecule has 0 unspecified atom stereocenters. The van der Waals surface area contributed by atoms with E-state index >= 15 is 0 Å². The van der Waals surface area contributed by atoms with Crippen LogP contribution in [0.25, 0.3) is 0 Å². The number of hydrogen-bond acceptors (Lipinski definition) is 3. The molecular formula is C14H21BrIN3. The fraction of sp³-hybridized carbons (Fsp3) is 0.500. The summed E-state index contributed by atoms with van der Waals surface area (Å²) in [6, 6.07) is 8.40. The first-order chi connectivity index (χ1) is 8.50. The summed E-state index contributed by atoms with van der Waals surface area (Å²) in [4.78, 5) is 6.62. The molecule has 0 aromatic heterocycles. The lowest BCUT2D eigenvalue weighted by Gasteiger charge is -2.28. The van der Waals surface area contributed by atoms with Gasteiger partial charge in [-0.15, -0.1) is 24.0 Å². The summed E-state index contributed by atoms with van der Waals surface area (Å²) in [5, 5.41) is 3.45. The lowest BCUT2D eigenvalue weighted by Crippen LogP contribution is -2.42. The highest BCUT2D eigenvalue weighted by molar-refractivity contribution is 14.0. The lowest BCUT2D eigenvalue weighted by molar-refractivity contribution is 0.479. The van der Waals surface area contributed by atoms with Crippen molar-refractivity contribution in [3.05, 3.63) is 34.3 Å². The number of aliphatic imine (C=N–C) groups is 1. The summed E-state index contributed by atoms with van der Waals surface area (Å²) in [5.41, 5.74) is 1.38. The minimum absolute atomic E-state index is 0. The molecule has 0 saturated heterocycles. The van der Waals surface area contributed by atoms with Crippen molar-refractivity contribution in [1.82, 2.24) is 10.2 Å². The van der Waals surface area contributed by atoms with E-state index in [1.54, 1.807) is 0 Å². The molecule has 0 fully saturated rings. The maximum absolute atomic E-state index is 4.46. The minimum atomic E-state index is 0. The van der Waals surface area contributed by atoms with Crippen LogP contribution in [0.15, 0.2) is 33.7 Å². The van der Waals surface area contributed by atoms with E-state index in [0.717, 1.165) is 25.6 Å². The van der Waals surface area contributed by atoms with Gasteiger partial charge in [-0.05, 0) is 11.6 Å². The van der Waals surface area contributed by atoms with Gasteiger partial charge in [0, 0.05) is 30.0 Å². The van der Waals surface area contributed by atoms with Crippen LogP contribution in [0, 0.1) is 0 Å². The molecule has 0 bridgehead atoms. The average Bonchev–Trinajstić information content (AvgIpc) is 2.73. The zero-order valence-electron chi connectivity index (χ0n) is 11.6. The molecule has 1 aliphatic rings. The molecule has 1 aromatic carbocycles. The van der Waals surface area contributed by atoms with Crippen molar-refractivity contribution in [2.45, 2.75) is 19.3 Å². The molecule has 2 rings (SSSR count). The Morgan fingerprint density at radius 2 is 2.05 bits per heavy atom. The highest BCUT2D eigenvalue weighted by atomic mass is 127. The van der Waals surface area contributed by atoms with Gasteiger partial charge in [-0.2, -0.15) is 0 Å². The van der Waals surface area contributed by atoms with Crippen LogP contribution < -0.4 is 5.32 Å². The summed E-state index contributed by atoms with van der Waals surface area (Å²) >= 11 is 3.63. The van der Waals surface area contributed by atoms with Crippen molar-refractivity contribution < 1.29 is 0 Å². The van der Waals surface area contributed by atoms with E-state index in [1.807, 2.05) is 6.07 Å². The monoisotopic (exact) mass is 437 g/mol. The van der Waals surface area contributed by atoms with Crippen molar-refractivity contribution in [2.75, 3.05) is 26.7 Å². The third-order valence-corrected chi connectivity index (χ3v) is 4.04. The van der Waals surface area contributed by atoms with Crippen LogP contribution in [0.3, 0.4) is 0 Å². The Balaban J connectivity index is 0.00000180. The van der Waals surface area contributed by atoms with E-state index in [9.17, 15) is 0 Å². The molecule has 0 amide bonds. The molecule has 1 N–H and O–H groups in total. The smallest absolute Gasteiger partial charge is 0.193 e. The first kappa shape index (κ1) is 16.8. The van der Waals surface area contributed by atoms with Gasteiger partial charge >= 0.3 is 0 Å². The van der Waals surface area contributed by atoms with Crippen molar-refractivity contribution in [2.24, 2.45) is 4.99 Å². The van der Waals surface area contributed by atoms with E-state index in [4.69, 9.17) is 0 Å². The van der Waals surface area contributed by atoms with Crippen LogP contribution in [0.5, 0.6) is 0 Å². The van der Waals surface area contributed by atoms with E-state index in [1.165, 1.54) is 10.0 Å². The van der Waals surface area contributed by atoms with Crippen LogP contribution >= 0.6 is 39.9 Å². The molecular weight excluding hydrogens is 417 g/mol. The van der Waals surface area contributed by atoms with Gasteiger partial charge in [0.2, 0.25) is 0 Å². The predicted octanol–water partition coefficient (Wildman–Crippen LogP) is 3.24. The number of guanidine groups is 1. The molecule has 0 saturated carbocycles. The van der Waals surface area contributed by atoms with Gasteiger partial charge in [0.15, 0.2) is 5.96 Å². The molecule has 3 nitrogen and oxygen atoms in total. The molecule has 19 heavy (non-hydrogen) atoms. The van der Waals surface area contributed by atoms with Crippen molar-refractivity contribution in [3.63, 3.8) is 0 Å². The van der Waals surface area contributed by atoms with Crippen molar-refractivity contribution >= 4 is 45.9 Å². The van der Waals surface area contributed by atoms with E-state index in [-0.39, 0.29) is 29.4 Å². The Bertz CT molecular complexity index is 460. The maximum Gasteiger partial charge on any atom is 0.193 e. The van der Waals surface area contributed by atoms with Gasteiger partial charge in [-0.25, -0.2) is 0 Å². The van der Waals surface area contributed by atoms with Crippen molar-refractivity contribution in [1.29, 1.82) is 0 Å². The standard InChI is InChI=1S/C14H20BrN3.HI/c1-14(2,11-6-4-5-7-12(11)15)10-17-13-16-8-9-18(13)3;/h4-7H,8-10H2,1-3H3,(H,16,17);1H. The number of rotatable bonds is 3. The number of benzene rings is 1. The molecule has 1 heterocycles. The van der Waals surface area contributed by atoms with Gasteiger partial charge < -0.3 is 10.2 Å². The maximum atomic E-state index is 4.46. The van der Waals surface area contributed by atoms with Crippen LogP contribution in [0.2, 0.25) is 0 Å². The number of nitrogens with one attached hydrogen (secondary N) is 1. The zero-order chi connectivity index (χ0) is 13.2. The van der Waals surface area contributed by atoms with Gasteiger partial charge in [-0.3, -0.25) is 4.99 Å². The summed E-state index contributed by atoms with van der Waals surface area (Å²) in [7, 11) is 2.07. The molecule has 1 aliphatic heterocycles. The number of hydrogen-bond donors (Lipinski definition) is 1. The topological polar surface area (TPSA) is 27.6 Å². The molecule has 0 radical (unpaired) electrons. The van der Waals surface area contributed by atoms with E-state index < -0.39 is 0 Å². The lowest BCUT2D eigenvalue weighted by atomic mass is 9.84. The summed E-state index contributed by atoms with van der Waals surface area (Å²) < 4.78 is 1.17. The molecule has 106 valence electrons. The quantitative estimate of drug-likeness (QED) is 0.735. The largest absolute Gasteiger partial charge is 0.355 e. The SMILES string of the molecule is CN1CCN=C1NCC(C)(C)c1ccccc1Br.I. The predicted molar refractivity (Wildman–Crippen MR) is 95.5 cm³/mol. The fourth-order valence-corrected chi connectivity index (χ4v) is 2.95. The van der Waals surface area contributed by atoms with Crippen LogP contribution in [0.1, 0.15) is 19.4 Å². The number of halogens is 2. The fourth-order valence-electron chi connectivity index (χ4n) is 2.13. The molecule has 0 aliphatic carbocycles. The van der Waals surface area contributed by atoms with Gasteiger partial charge in [0.25, 0.3) is 0 Å². The van der Waals surface area contributed by atoms with Crippen LogP contribution in [-0.4, -0.2) is 37.5 Å². The number of nitrogens with zero attached hydrogens (tertiary/aromatic N) is 2. The second kappa shape index (κ2) is 6.92. The van der Waals surface area contributed by atoms with Gasteiger partial charge in [0.1, 0.15) is 0 Å². The van der Waals surface area contributed by atoms with Crippen molar-refractivity contribution in [3.8, 4) is 0 Å². The second-order valence-electron chi connectivity index (χ2n) is 5.34. The van der Waals surface area contributed by atoms with Gasteiger partial charge in [0.05, 0.1) is 6.54 Å². The molecule has 0 spiro atoms. The molecule has 1 aromatic rings. The third-order valence-electron chi connectivity index (χ3n) is 3.35. The zero-order valence-corrected chi connectivity index (χ0v) is 15.5. The first-order valence-electron chi connectivity index (χ1n) is 6.25.